The maximum atomic E-state index is 5.74. The molecule has 0 spiro atoms. The number of hydrogen-bond acceptors (Lipinski definition) is 3. The molecule has 0 amide bonds. The monoisotopic (exact) mass is 192 g/mol. The molecule has 1 atom stereocenters. The fraction of sp³-hybridized carbons (Fsp3) is 0.545. The number of ether oxygens (including phenoxy) is 1. The highest BCUT2D eigenvalue weighted by Crippen LogP contribution is 2.30. The molecule has 2 N–H and O–H groups in total. The van der Waals surface area contributed by atoms with E-state index in [1.165, 1.54) is 12.8 Å². The molecule has 0 radical (unpaired) electrons. The first-order chi connectivity index (χ1) is 6.90. The van der Waals surface area contributed by atoms with E-state index >= 15 is 0 Å². The maximum absolute atomic E-state index is 5.74. The van der Waals surface area contributed by atoms with E-state index in [-0.39, 0.29) is 6.10 Å². The van der Waals surface area contributed by atoms with E-state index in [4.69, 9.17) is 10.5 Å². The second-order valence-electron chi connectivity index (χ2n) is 3.79. The Bertz CT molecular complexity index is 272. The first-order valence-corrected chi connectivity index (χ1v) is 5.11. The SMILES string of the molecule is NCC(OCC1CC1)c1cccnc1. The fourth-order valence-corrected chi connectivity index (χ4v) is 1.40. The van der Waals surface area contributed by atoms with Crippen molar-refractivity contribution in [3.8, 4) is 0 Å². The maximum Gasteiger partial charge on any atom is 0.0962 e. The molecule has 0 saturated heterocycles. The van der Waals surface area contributed by atoms with Crippen molar-refractivity contribution in [1.82, 2.24) is 4.98 Å². The summed E-state index contributed by atoms with van der Waals surface area (Å²) in [7, 11) is 0. The molecule has 1 heterocycles. The molecule has 1 saturated carbocycles. The van der Waals surface area contributed by atoms with Gasteiger partial charge >= 0.3 is 0 Å². The standard InChI is InChI=1S/C11H16N2O/c12-6-11(14-8-9-3-4-9)10-2-1-5-13-7-10/h1-2,5,7,9,11H,3-4,6,8,12H2. The number of rotatable bonds is 5. The number of nitrogens with two attached hydrogens (primary N) is 1. The molecule has 3 heteroatoms. The van der Waals surface area contributed by atoms with Crippen LogP contribution in [0.2, 0.25) is 0 Å². The molecule has 1 aliphatic rings. The Hall–Kier alpha value is -0.930. The Kier molecular flexibility index (Phi) is 3.11. The molecule has 1 aromatic heterocycles. The second kappa shape index (κ2) is 4.53. The van der Waals surface area contributed by atoms with Crippen LogP contribution in [0.25, 0.3) is 0 Å². The largest absolute Gasteiger partial charge is 0.372 e. The lowest BCUT2D eigenvalue weighted by Crippen LogP contribution is -2.17. The summed E-state index contributed by atoms with van der Waals surface area (Å²) in [4.78, 5) is 4.06. The quantitative estimate of drug-likeness (QED) is 0.769. The van der Waals surface area contributed by atoms with E-state index in [1.807, 2.05) is 18.3 Å². The molecule has 1 aliphatic carbocycles. The summed E-state index contributed by atoms with van der Waals surface area (Å²) < 4.78 is 5.74. The molecule has 0 aromatic carbocycles. The average Bonchev–Trinajstić information content (AvgIpc) is 3.04. The van der Waals surface area contributed by atoms with Crippen LogP contribution in [0.4, 0.5) is 0 Å². The van der Waals surface area contributed by atoms with Crippen molar-refractivity contribution < 1.29 is 4.74 Å². The second-order valence-corrected chi connectivity index (χ2v) is 3.79. The predicted molar refractivity (Wildman–Crippen MR) is 54.7 cm³/mol. The highest BCUT2D eigenvalue weighted by molar-refractivity contribution is 5.12. The molecule has 1 unspecified atom stereocenters. The molecule has 14 heavy (non-hydrogen) atoms. The molecule has 0 bridgehead atoms. The number of nitrogens with zero attached hydrogens (tertiary/aromatic N) is 1. The zero-order valence-electron chi connectivity index (χ0n) is 8.23. The van der Waals surface area contributed by atoms with Gasteiger partial charge in [0.2, 0.25) is 0 Å². The van der Waals surface area contributed by atoms with E-state index in [0.717, 1.165) is 18.1 Å². The Morgan fingerprint density at radius 2 is 2.43 bits per heavy atom. The van der Waals surface area contributed by atoms with Gasteiger partial charge in [-0.15, -0.1) is 0 Å². The summed E-state index contributed by atoms with van der Waals surface area (Å²) in [6, 6.07) is 3.93. The van der Waals surface area contributed by atoms with Gasteiger partial charge in [-0.2, -0.15) is 0 Å². The Morgan fingerprint density at radius 3 is 3.00 bits per heavy atom. The molecular weight excluding hydrogens is 176 g/mol. The van der Waals surface area contributed by atoms with Gasteiger partial charge in [-0.1, -0.05) is 6.07 Å². The predicted octanol–water partition coefficient (Wildman–Crippen LogP) is 1.51. The van der Waals surface area contributed by atoms with Gasteiger partial charge < -0.3 is 10.5 Å². The summed E-state index contributed by atoms with van der Waals surface area (Å²) in [6.07, 6.45) is 6.22. The third-order valence-corrected chi connectivity index (χ3v) is 2.50. The summed E-state index contributed by atoms with van der Waals surface area (Å²) in [5.74, 6) is 0.778. The summed E-state index contributed by atoms with van der Waals surface area (Å²) in [6.45, 7) is 1.37. The average molecular weight is 192 g/mol. The van der Waals surface area contributed by atoms with Crippen molar-refractivity contribution in [2.24, 2.45) is 11.7 Å². The van der Waals surface area contributed by atoms with E-state index in [1.54, 1.807) is 6.20 Å². The van der Waals surface area contributed by atoms with E-state index in [2.05, 4.69) is 4.98 Å². The zero-order chi connectivity index (χ0) is 9.80. The van der Waals surface area contributed by atoms with E-state index in [9.17, 15) is 0 Å². The smallest absolute Gasteiger partial charge is 0.0962 e. The molecule has 0 aliphatic heterocycles. The highest BCUT2D eigenvalue weighted by Gasteiger charge is 2.23. The Balaban J connectivity index is 1.90. The van der Waals surface area contributed by atoms with Crippen molar-refractivity contribution in [2.75, 3.05) is 13.2 Å². The van der Waals surface area contributed by atoms with Crippen LogP contribution in [0, 0.1) is 5.92 Å². The van der Waals surface area contributed by atoms with Gasteiger partial charge in [0, 0.05) is 24.5 Å². The summed E-state index contributed by atoms with van der Waals surface area (Å²) in [5.41, 5.74) is 6.74. The van der Waals surface area contributed by atoms with Gasteiger partial charge in [-0.05, 0) is 24.8 Å². The lowest BCUT2D eigenvalue weighted by Gasteiger charge is -2.15. The molecule has 2 rings (SSSR count). The third-order valence-electron chi connectivity index (χ3n) is 2.50. The number of pyridine rings is 1. The van der Waals surface area contributed by atoms with Crippen molar-refractivity contribution >= 4 is 0 Å². The Morgan fingerprint density at radius 1 is 1.57 bits per heavy atom. The van der Waals surface area contributed by atoms with Crippen LogP contribution in [-0.4, -0.2) is 18.1 Å². The number of hydrogen-bond donors (Lipinski definition) is 1. The van der Waals surface area contributed by atoms with Crippen LogP contribution < -0.4 is 5.73 Å². The topological polar surface area (TPSA) is 48.1 Å². The van der Waals surface area contributed by atoms with Crippen LogP contribution >= 0.6 is 0 Å². The van der Waals surface area contributed by atoms with Crippen LogP contribution in [-0.2, 0) is 4.74 Å². The van der Waals surface area contributed by atoms with Crippen molar-refractivity contribution in [1.29, 1.82) is 0 Å². The van der Waals surface area contributed by atoms with Crippen LogP contribution in [0.15, 0.2) is 24.5 Å². The van der Waals surface area contributed by atoms with Crippen LogP contribution in [0.3, 0.4) is 0 Å². The fourth-order valence-electron chi connectivity index (χ4n) is 1.40. The zero-order valence-corrected chi connectivity index (χ0v) is 8.23. The lowest BCUT2D eigenvalue weighted by atomic mass is 10.1. The summed E-state index contributed by atoms with van der Waals surface area (Å²) >= 11 is 0. The molecule has 3 nitrogen and oxygen atoms in total. The van der Waals surface area contributed by atoms with Gasteiger partial charge in [0.1, 0.15) is 0 Å². The Labute approximate surface area is 84.3 Å². The van der Waals surface area contributed by atoms with E-state index < -0.39 is 0 Å². The molecule has 76 valence electrons. The van der Waals surface area contributed by atoms with Crippen molar-refractivity contribution in [3.05, 3.63) is 30.1 Å². The third kappa shape index (κ3) is 2.53. The summed E-state index contributed by atoms with van der Waals surface area (Å²) in [5, 5.41) is 0. The first-order valence-electron chi connectivity index (χ1n) is 5.11. The molecule has 1 fully saturated rings. The van der Waals surface area contributed by atoms with Gasteiger partial charge in [0.05, 0.1) is 12.7 Å². The van der Waals surface area contributed by atoms with E-state index in [0.29, 0.717) is 6.54 Å². The normalized spacial score (nSPS) is 18.1. The number of aromatic nitrogens is 1. The minimum absolute atomic E-state index is 0.0179. The molecular formula is C11H16N2O. The van der Waals surface area contributed by atoms with Crippen molar-refractivity contribution in [2.45, 2.75) is 18.9 Å². The van der Waals surface area contributed by atoms with Crippen molar-refractivity contribution in [3.63, 3.8) is 0 Å². The van der Waals surface area contributed by atoms with Gasteiger partial charge in [0.15, 0.2) is 0 Å². The van der Waals surface area contributed by atoms with Gasteiger partial charge in [-0.25, -0.2) is 0 Å². The first kappa shape index (κ1) is 9.62. The van der Waals surface area contributed by atoms with Gasteiger partial charge in [0.25, 0.3) is 0 Å². The van der Waals surface area contributed by atoms with Crippen LogP contribution in [0.5, 0.6) is 0 Å². The highest BCUT2D eigenvalue weighted by atomic mass is 16.5. The molecule has 1 aromatic rings. The van der Waals surface area contributed by atoms with Gasteiger partial charge in [-0.3, -0.25) is 4.98 Å². The minimum atomic E-state index is 0.0179. The minimum Gasteiger partial charge on any atom is -0.372 e. The lowest BCUT2D eigenvalue weighted by molar-refractivity contribution is 0.0508. The van der Waals surface area contributed by atoms with Crippen LogP contribution in [0.1, 0.15) is 24.5 Å².